The molecule has 2 heterocycles. The molecule has 2 rings (SSSR count). The molecule has 0 aliphatic rings. The Bertz CT molecular complexity index is 556. The lowest BCUT2D eigenvalue weighted by atomic mass is 10.2. The highest BCUT2D eigenvalue weighted by Gasteiger charge is 2.14. The molecule has 1 amide bonds. The molecule has 0 aliphatic carbocycles. The second-order valence-corrected chi connectivity index (χ2v) is 4.09. The zero-order valence-corrected chi connectivity index (χ0v) is 10.6. The molecule has 0 spiro atoms. The van der Waals surface area contributed by atoms with Crippen LogP contribution in [0.15, 0.2) is 12.3 Å². The molecule has 18 heavy (non-hydrogen) atoms. The maximum atomic E-state index is 12.0. The maximum absolute atomic E-state index is 12.0. The largest absolute Gasteiger partial charge is 0.346 e. The zero-order valence-electron chi connectivity index (χ0n) is 10.6. The fourth-order valence-corrected chi connectivity index (χ4v) is 1.75. The van der Waals surface area contributed by atoms with Crippen LogP contribution in [0.5, 0.6) is 0 Å². The molecule has 2 N–H and O–H groups in total. The van der Waals surface area contributed by atoms with Gasteiger partial charge in [0.05, 0.1) is 23.5 Å². The summed E-state index contributed by atoms with van der Waals surface area (Å²) in [5.74, 6) is 0.549. The second kappa shape index (κ2) is 4.95. The third-order valence-electron chi connectivity index (χ3n) is 2.62. The molecule has 0 fully saturated rings. The van der Waals surface area contributed by atoms with E-state index in [-0.39, 0.29) is 5.91 Å². The number of amides is 1. The highest BCUT2D eigenvalue weighted by molar-refractivity contribution is 5.96. The van der Waals surface area contributed by atoms with Crippen molar-refractivity contribution in [3.8, 4) is 0 Å². The van der Waals surface area contributed by atoms with Crippen molar-refractivity contribution >= 4 is 5.91 Å². The van der Waals surface area contributed by atoms with Crippen molar-refractivity contribution in [2.45, 2.75) is 27.3 Å². The number of aromatic amines is 1. The van der Waals surface area contributed by atoms with Crippen LogP contribution < -0.4 is 5.32 Å². The number of carbonyl (C=O) groups excluding carboxylic acids is 1. The summed E-state index contributed by atoms with van der Waals surface area (Å²) in [7, 11) is 0. The molecule has 0 aliphatic heterocycles. The van der Waals surface area contributed by atoms with Crippen LogP contribution in [0.2, 0.25) is 0 Å². The molecule has 0 unspecified atom stereocenters. The summed E-state index contributed by atoms with van der Waals surface area (Å²) < 4.78 is 0. The van der Waals surface area contributed by atoms with Gasteiger partial charge in [-0.05, 0) is 26.8 Å². The van der Waals surface area contributed by atoms with Gasteiger partial charge in [0, 0.05) is 11.9 Å². The number of nitrogens with zero attached hydrogens (tertiary/aromatic N) is 3. The number of nitrogens with one attached hydrogen (secondary N) is 2. The van der Waals surface area contributed by atoms with E-state index < -0.39 is 0 Å². The third-order valence-corrected chi connectivity index (χ3v) is 2.62. The molecule has 0 saturated heterocycles. The van der Waals surface area contributed by atoms with E-state index in [1.807, 2.05) is 13.8 Å². The van der Waals surface area contributed by atoms with Crippen molar-refractivity contribution in [2.24, 2.45) is 0 Å². The van der Waals surface area contributed by atoms with E-state index in [0.717, 1.165) is 11.4 Å². The lowest BCUT2D eigenvalue weighted by Gasteiger charge is -2.05. The molecule has 0 radical (unpaired) electrons. The second-order valence-electron chi connectivity index (χ2n) is 4.09. The van der Waals surface area contributed by atoms with Gasteiger partial charge in [0.25, 0.3) is 5.91 Å². The van der Waals surface area contributed by atoms with Crippen molar-refractivity contribution in [1.82, 2.24) is 25.5 Å². The maximum Gasteiger partial charge on any atom is 0.255 e. The van der Waals surface area contributed by atoms with Crippen LogP contribution in [0.3, 0.4) is 0 Å². The van der Waals surface area contributed by atoms with Crippen LogP contribution in [0, 0.1) is 20.8 Å². The minimum Gasteiger partial charge on any atom is -0.346 e. The first-order chi connectivity index (χ1) is 8.58. The van der Waals surface area contributed by atoms with E-state index in [9.17, 15) is 4.79 Å². The zero-order chi connectivity index (χ0) is 13.1. The minimum atomic E-state index is -0.144. The molecule has 0 atom stereocenters. The monoisotopic (exact) mass is 245 g/mol. The number of H-pyrrole nitrogens is 1. The molecule has 2 aromatic heterocycles. The fourth-order valence-electron chi connectivity index (χ4n) is 1.75. The molecule has 6 heteroatoms. The van der Waals surface area contributed by atoms with Crippen molar-refractivity contribution in [1.29, 1.82) is 0 Å². The van der Waals surface area contributed by atoms with Crippen molar-refractivity contribution in [3.05, 3.63) is 40.7 Å². The normalized spacial score (nSPS) is 10.4. The molecule has 0 aromatic carbocycles. The predicted molar refractivity (Wildman–Crippen MR) is 66.0 cm³/mol. The van der Waals surface area contributed by atoms with E-state index in [4.69, 9.17) is 0 Å². The molecular formula is C12H15N5O. The first-order valence-corrected chi connectivity index (χ1v) is 5.66. The summed E-state index contributed by atoms with van der Waals surface area (Å²) in [5.41, 5.74) is 2.85. The topological polar surface area (TPSA) is 83.6 Å². The molecule has 6 nitrogen and oxygen atoms in total. The lowest BCUT2D eigenvalue weighted by Crippen LogP contribution is -2.24. The number of carbonyl (C=O) groups is 1. The SMILES string of the molecule is Cc1nccc(CNC(=O)c2c(C)n[nH]c2C)n1. The Hall–Kier alpha value is -2.24. The van der Waals surface area contributed by atoms with Gasteiger partial charge in [-0.3, -0.25) is 9.89 Å². The van der Waals surface area contributed by atoms with Crippen LogP contribution in [0.25, 0.3) is 0 Å². The van der Waals surface area contributed by atoms with Gasteiger partial charge < -0.3 is 5.32 Å². The fraction of sp³-hybridized carbons (Fsp3) is 0.333. The highest BCUT2D eigenvalue weighted by Crippen LogP contribution is 2.08. The Labute approximate surface area is 105 Å². The predicted octanol–water partition coefficient (Wildman–Crippen LogP) is 1.05. The average molecular weight is 245 g/mol. The van der Waals surface area contributed by atoms with Gasteiger partial charge in [-0.15, -0.1) is 0 Å². The van der Waals surface area contributed by atoms with Crippen LogP contribution in [0.1, 0.15) is 33.3 Å². The lowest BCUT2D eigenvalue weighted by molar-refractivity contribution is 0.0949. The molecular weight excluding hydrogens is 230 g/mol. The molecule has 0 bridgehead atoms. The Morgan fingerprint density at radius 2 is 2.17 bits per heavy atom. The highest BCUT2D eigenvalue weighted by atomic mass is 16.1. The van der Waals surface area contributed by atoms with Gasteiger partial charge in [-0.2, -0.15) is 5.10 Å². The van der Waals surface area contributed by atoms with Crippen LogP contribution in [-0.4, -0.2) is 26.1 Å². The van der Waals surface area contributed by atoms with Crippen LogP contribution in [-0.2, 0) is 6.54 Å². The first kappa shape index (κ1) is 12.2. The Balaban J connectivity index is 2.05. The Morgan fingerprint density at radius 3 is 2.78 bits per heavy atom. The standard InChI is InChI=1S/C12H15N5O/c1-7-11(8(2)17-16-7)12(18)14-6-10-4-5-13-9(3)15-10/h4-5H,6H2,1-3H3,(H,14,18)(H,16,17). The number of aryl methyl sites for hydroxylation is 3. The van der Waals surface area contributed by atoms with Gasteiger partial charge in [-0.25, -0.2) is 9.97 Å². The minimum absolute atomic E-state index is 0.144. The van der Waals surface area contributed by atoms with Gasteiger partial charge >= 0.3 is 0 Å². The first-order valence-electron chi connectivity index (χ1n) is 5.66. The summed E-state index contributed by atoms with van der Waals surface area (Å²) >= 11 is 0. The van der Waals surface area contributed by atoms with E-state index in [1.54, 1.807) is 19.2 Å². The summed E-state index contributed by atoms with van der Waals surface area (Å²) in [5, 5.41) is 9.60. The smallest absolute Gasteiger partial charge is 0.255 e. The summed E-state index contributed by atoms with van der Waals surface area (Å²) in [6.07, 6.45) is 1.68. The van der Waals surface area contributed by atoms with Crippen molar-refractivity contribution in [3.63, 3.8) is 0 Å². The van der Waals surface area contributed by atoms with Crippen LogP contribution >= 0.6 is 0 Å². The Morgan fingerprint density at radius 1 is 1.39 bits per heavy atom. The summed E-state index contributed by atoms with van der Waals surface area (Å²) in [6.45, 7) is 5.82. The molecule has 2 aromatic rings. The Kier molecular flexibility index (Phi) is 3.36. The van der Waals surface area contributed by atoms with Crippen LogP contribution in [0.4, 0.5) is 0 Å². The summed E-state index contributed by atoms with van der Waals surface area (Å²) in [4.78, 5) is 20.2. The van der Waals surface area contributed by atoms with Gasteiger partial charge in [0.15, 0.2) is 0 Å². The number of aromatic nitrogens is 4. The number of rotatable bonds is 3. The summed E-state index contributed by atoms with van der Waals surface area (Å²) in [6, 6.07) is 1.78. The van der Waals surface area contributed by atoms with Crippen molar-refractivity contribution in [2.75, 3.05) is 0 Å². The average Bonchev–Trinajstić information content (AvgIpc) is 2.66. The van der Waals surface area contributed by atoms with E-state index >= 15 is 0 Å². The molecule has 94 valence electrons. The number of hydrogen-bond acceptors (Lipinski definition) is 4. The van der Waals surface area contributed by atoms with Crippen molar-refractivity contribution < 1.29 is 4.79 Å². The van der Waals surface area contributed by atoms with Gasteiger partial charge in [-0.1, -0.05) is 0 Å². The third kappa shape index (κ3) is 2.53. The van der Waals surface area contributed by atoms with E-state index in [0.29, 0.717) is 23.6 Å². The quantitative estimate of drug-likeness (QED) is 0.846. The van der Waals surface area contributed by atoms with E-state index in [1.165, 1.54) is 0 Å². The van der Waals surface area contributed by atoms with Gasteiger partial charge in [0.1, 0.15) is 5.82 Å². The van der Waals surface area contributed by atoms with Gasteiger partial charge in [0.2, 0.25) is 0 Å². The molecule has 0 saturated carbocycles. The van der Waals surface area contributed by atoms with E-state index in [2.05, 4.69) is 25.5 Å². The number of hydrogen-bond donors (Lipinski definition) is 2.